The Morgan fingerprint density at radius 2 is 2.10 bits per heavy atom. The van der Waals surface area contributed by atoms with Crippen LogP contribution in [-0.2, 0) is 6.42 Å². The van der Waals surface area contributed by atoms with Gasteiger partial charge in [0, 0.05) is 4.90 Å². The van der Waals surface area contributed by atoms with E-state index in [0.29, 0.717) is 10.6 Å². The zero-order chi connectivity index (χ0) is 14.8. The molecular formula is C17H16ClNOS. The Morgan fingerprint density at radius 1 is 1.29 bits per heavy atom. The first kappa shape index (κ1) is 14.5. The normalized spacial score (nSPS) is 16.6. The molecule has 0 aliphatic heterocycles. The predicted molar refractivity (Wildman–Crippen MR) is 88.2 cm³/mol. The third kappa shape index (κ3) is 2.94. The summed E-state index contributed by atoms with van der Waals surface area (Å²) in [6.45, 7) is 0. The van der Waals surface area contributed by atoms with Crippen LogP contribution in [0.1, 0.15) is 33.9 Å². The van der Waals surface area contributed by atoms with Gasteiger partial charge in [-0.15, -0.1) is 11.8 Å². The summed E-state index contributed by atoms with van der Waals surface area (Å²) in [6, 6.07) is 13.9. The maximum atomic E-state index is 12.5. The summed E-state index contributed by atoms with van der Waals surface area (Å²) in [5, 5.41) is 3.61. The average Bonchev–Trinajstić information content (AvgIpc) is 2.91. The topological polar surface area (TPSA) is 29.1 Å². The number of nitrogens with one attached hydrogen (secondary N) is 1. The van der Waals surface area contributed by atoms with Gasteiger partial charge in [-0.1, -0.05) is 35.9 Å². The molecule has 1 N–H and O–H groups in total. The standard InChI is InChI=1S/C17H16ClNOS/c1-21-12-7-8-15(18)14(10-12)17(20)19-16-9-6-11-4-2-3-5-13(11)16/h2-5,7-8,10,16H,6,9H2,1H3,(H,19,20)/t16-/m1/s1. The molecule has 2 aromatic rings. The molecule has 0 saturated heterocycles. The number of carbonyl (C=O) groups is 1. The van der Waals surface area contributed by atoms with Crippen molar-refractivity contribution < 1.29 is 4.79 Å². The highest BCUT2D eigenvalue weighted by Crippen LogP contribution is 2.31. The van der Waals surface area contributed by atoms with E-state index in [1.54, 1.807) is 17.8 Å². The summed E-state index contributed by atoms with van der Waals surface area (Å²) in [6.07, 6.45) is 3.95. The van der Waals surface area contributed by atoms with Crippen LogP contribution in [0.2, 0.25) is 5.02 Å². The summed E-state index contributed by atoms with van der Waals surface area (Å²) in [5.41, 5.74) is 3.10. The lowest BCUT2D eigenvalue weighted by Crippen LogP contribution is -2.27. The Balaban J connectivity index is 1.82. The van der Waals surface area contributed by atoms with Crippen LogP contribution in [0.5, 0.6) is 0 Å². The molecule has 2 nitrogen and oxygen atoms in total. The van der Waals surface area contributed by atoms with Gasteiger partial charge in [0.25, 0.3) is 5.91 Å². The fraction of sp³-hybridized carbons (Fsp3) is 0.235. The SMILES string of the molecule is CSc1ccc(Cl)c(C(=O)N[C@@H]2CCc3ccccc32)c1. The average molecular weight is 318 g/mol. The largest absolute Gasteiger partial charge is 0.345 e. The van der Waals surface area contributed by atoms with Crippen molar-refractivity contribution in [3.8, 4) is 0 Å². The molecule has 1 aliphatic rings. The minimum atomic E-state index is -0.0994. The third-order valence-electron chi connectivity index (χ3n) is 3.86. The number of carbonyl (C=O) groups excluding carboxylic acids is 1. The molecule has 3 rings (SSSR count). The maximum absolute atomic E-state index is 12.5. The van der Waals surface area contributed by atoms with Crippen LogP contribution in [-0.4, -0.2) is 12.2 Å². The van der Waals surface area contributed by atoms with Gasteiger partial charge in [0.15, 0.2) is 0 Å². The van der Waals surface area contributed by atoms with Gasteiger partial charge in [0.1, 0.15) is 0 Å². The smallest absolute Gasteiger partial charge is 0.253 e. The van der Waals surface area contributed by atoms with Crippen molar-refractivity contribution >= 4 is 29.3 Å². The second-order valence-electron chi connectivity index (χ2n) is 5.11. The second-order valence-corrected chi connectivity index (χ2v) is 6.40. The molecule has 0 saturated carbocycles. The van der Waals surface area contributed by atoms with Crippen LogP contribution in [0.15, 0.2) is 47.4 Å². The predicted octanol–water partition coefficient (Wildman–Crippen LogP) is 4.48. The van der Waals surface area contributed by atoms with Crippen molar-refractivity contribution in [1.82, 2.24) is 5.32 Å². The number of aryl methyl sites for hydroxylation is 1. The monoisotopic (exact) mass is 317 g/mol. The fourth-order valence-electron chi connectivity index (χ4n) is 2.75. The number of amides is 1. The number of benzene rings is 2. The molecule has 2 aromatic carbocycles. The zero-order valence-corrected chi connectivity index (χ0v) is 13.3. The molecule has 1 amide bonds. The van der Waals surface area contributed by atoms with E-state index in [2.05, 4.69) is 17.4 Å². The summed E-state index contributed by atoms with van der Waals surface area (Å²) in [7, 11) is 0. The van der Waals surface area contributed by atoms with E-state index in [1.165, 1.54) is 11.1 Å². The number of halogens is 1. The van der Waals surface area contributed by atoms with Crippen LogP contribution >= 0.6 is 23.4 Å². The molecule has 108 valence electrons. The van der Waals surface area contributed by atoms with Crippen LogP contribution in [0.25, 0.3) is 0 Å². The van der Waals surface area contributed by atoms with Gasteiger partial charge in [-0.3, -0.25) is 4.79 Å². The van der Waals surface area contributed by atoms with Crippen molar-refractivity contribution in [1.29, 1.82) is 0 Å². The highest BCUT2D eigenvalue weighted by molar-refractivity contribution is 7.98. The molecular weight excluding hydrogens is 302 g/mol. The molecule has 0 heterocycles. The van der Waals surface area contributed by atoms with Crippen LogP contribution < -0.4 is 5.32 Å². The highest BCUT2D eigenvalue weighted by atomic mass is 35.5. The lowest BCUT2D eigenvalue weighted by atomic mass is 10.1. The van der Waals surface area contributed by atoms with Crippen LogP contribution in [0.3, 0.4) is 0 Å². The van der Waals surface area contributed by atoms with Crippen molar-refractivity contribution in [2.24, 2.45) is 0 Å². The van der Waals surface area contributed by atoms with E-state index < -0.39 is 0 Å². The number of hydrogen-bond acceptors (Lipinski definition) is 2. The molecule has 21 heavy (non-hydrogen) atoms. The molecule has 0 bridgehead atoms. The lowest BCUT2D eigenvalue weighted by Gasteiger charge is -2.15. The summed E-state index contributed by atoms with van der Waals surface area (Å²) >= 11 is 7.77. The first-order valence-corrected chi connectivity index (χ1v) is 8.51. The molecule has 0 unspecified atom stereocenters. The van der Waals surface area contributed by atoms with Gasteiger partial charge in [0.05, 0.1) is 16.6 Å². The maximum Gasteiger partial charge on any atom is 0.253 e. The fourth-order valence-corrected chi connectivity index (χ4v) is 3.39. The summed E-state index contributed by atoms with van der Waals surface area (Å²) < 4.78 is 0. The van der Waals surface area contributed by atoms with Gasteiger partial charge in [-0.05, 0) is 48.4 Å². The number of fused-ring (bicyclic) bond motifs is 1. The minimum absolute atomic E-state index is 0.0858. The van der Waals surface area contributed by atoms with E-state index in [0.717, 1.165) is 17.7 Å². The third-order valence-corrected chi connectivity index (χ3v) is 4.91. The van der Waals surface area contributed by atoms with Crippen molar-refractivity contribution in [2.75, 3.05) is 6.26 Å². The molecule has 0 aromatic heterocycles. The summed E-state index contributed by atoms with van der Waals surface area (Å²) in [5.74, 6) is -0.0994. The van der Waals surface area contributed by atoms with E-state index in [4.69, 9.17) is 11.6 Å². The zero-order valence-electron chi connectivity index (χ0n) is 11.7. The minimum Gasteiger partial charge on any atom is -0.345 e. The molecule has 0 radical (unpaired) electrons. The Bertz CT molecular complexity index is 686. The molecule has 0 spiro atoms. The van der Waals surface area contributed by atoms with Crippen molar-refractivity contribution in [3.63, 3.8) is 0 Å². The first-order chi connectivity index (χ1) is 10.2. The van der Waals surface area contributed by atoms with Gasteiger partial charge >= 0.3 is 0 Å². The van der Waals surface area contributed by atoms with Gasteiger partial charge < -0.3 is 5.32 Å². The highest BCUT2D eigenvalue weighted by Gasteiger charge is 2.24. The Labute approximate surface area is 133 Å². The Morgan fingerprint density at radius 3 is 2.90 bits per heavy atom. The van der Waals surface area contributed by atoms with E-state index in [1.807, 2.05) is 30.5 Å². The van der Waals surface area contributed by atoms with Gasteiger partial charge in [-0.25, -0.2) is 0 Å². The second kappa shape index (κ2) is 6.12. The van der Waals surface area contributed by atoms with Crippen molar-refractivity contribution in [3.05, 3.63) is 64.2 Å². The molecule has 1 atom stereocenters. The van der Waals surface area contributed by atoms with Crippen LogP contribution in [0, 0.1) is 0 Å². The Hall–Kier alpha value is -1.45. The molecule has 0 fully saturated rings. The Kier molecular flexibility index (Phi) is 4.22. The van der Waals surface area contributed by atoms with Crippen molar-refractivity contribution in [2.45, 2.75) is 23.8 Å². The van der Waals surface area contributed by atoms with E-state index in [-0.39, 0.29) is 11.9 Å². The lowest BCUT2D eigenvalue weighted by molar-refractivity contribution is 0.0936. The van der Waals surface area contributed by atoms with E-state index >= 15 is 0 Å². The molecule has 1 aliphatic carbocycles. The van der Waals surface area contributed by atoms with Gasteiger partial charge in [0.2, 0.25) is 0 Å². The van der Waals surface area contributed by atoms with E-state index in [9.17, 15) is 4.79 Å². The summed E-state index contributed by atoms with van der Waals surface area (Å²) in [4.78, 5) is 13.5. The molecule has 4 heteroatoms. The quantitative estimate of drug-likeness (QED) is 0.846. The van der Waals surface area contributed by atoms with Gasteiger partial charge in [-0.2, -0.15) is 0 Å². The number of hydrogen-bond donors (Lipinski definition) is 1. The first-order valence-electron chi connectivity index (χ1n) is 6.91. The number of thioether (sulfide) groups is 1. The number of rotatable bonds is 3. The van der Waals surface area contributed by atoms with Crippen LogP contribution in [0.4, 0.5) is 0 Å².